The molecule has 0 fully saturated rings. The second kappa shape index (κ2) is 6.46. The summed E-state index contributed by atoms with van der Waals surface area (Å²) in [5.74, 6) is 2.93. The first-order valence-electron chi connectivity index (χ1n) is 5.98. The topological polar surface area (TPSA) is 57.1 Å². The average molecular weight is 350 g/mol. The van der Waals surface area contributed by atoms with Crippen LogP contribution in [0.15, 0.2) is 27.3 Å². The van der Waals surface area contributed by atoms with Gasteiger partial charge in [-0.3, -0.25) is 0 Å². The van der Waals surface area contributed by atoms with Gasteiger partial charge in [0.25, 0.3) is 0 Å². The summed E-state index contributed by atoms with van der Waals surface area (Å²) in [4.78, 5) is 16.1. The summed E-state index contributed by atoms with van der Waals surface area (Å²) < 4.78 is 11.4. The lowest BCUT2D eigenvalue weighted by Gasteiger charge is -2.12. The first kappa shape index (κ1) is 15.1. The second-order valence-corrected chi connectivity index (χ2v) is 4.99. The maximum Gasteiger partial charge on any atom is 0.367 e. The van der Waals surface area contributed by atoms with Crippen LogP contribution in [-0.2, 0) is 9.63 Å². The van der Waals surface area contributed by atoms with Gasteiger partial charge in [0, 0.05) is 0 Å². The number of ether oxygens (including phenoxy) is 2. The highest BCUT2D eigenvalue weighted by Gasteiger charge is 2.22. The molecule has 21 heavy (non-hydrogen) atoms. The van der Waals surface area contributed by atoms with E-state index < -0.39 is 5.97 Å². The number of nitrogens with zero attached hydrogens (tertiary/aromatic N) is 1. The molecular weight excluding hydrogens is 338 g/mol. The fraction of sp³-hybridized carbons (Fsp3) is 0.200. The third-order valence-corrected chi connectivity index (χ3v) is 3.33. The van der Waals surface area contributed by atoms with Gasteiger partial charge in [-0.2, -0.15) is 0 Å². The highest BCUT2D eigenvalue weighted by atomic mass is 79.9. The van der Waals surface area contributed by atoms with Gasteiger partial charge < -0.3 is 14.3 Å². The Morgan fingerprint density at radius 1 is 1.52 bits per heavy atom. The van der Waals surface area contributed by atoms with Crippen LogP contribution in [0.1, 0.15) is 12.5 Å². The van der Waals surface area contributed by atoms with Crippen LogP contribution in [-0.4, -0.2) is 25.4 Å². The Bertz CT molecular complexity index is 686. The van der Waals surface area contributed by atoms with Crippen LogP contribution >= 0.6 is 15.9 Å². The maximum atomic E-state index is 11.5. The van der Waals surface area contributed by atoms with E-state index in [-0.39, 0.29) is 6.61 Å². The minimum Gasteiger partial charge on any atom is -0.493 e. The number of benzene rings is 1. The van der Waals surface area contributed by atoms with Crippen molar-refractivity contribution in [3.05, 3.63) is 27.7 Å². The van der Waals surface area contributed by atoms with Crippen LogP contribution in [0.5, 0.6) is 11.5 Å². The van der Waals surface area contributed by atoms with Crippen molar-refractivity contribution in [3.8, 4) is 23.8 Å². The van der Waals surface area contributed by atoms with E-state index in [1.54, 1.807) is 25.1 Å². The molecule has 1 heterocycles. The van der Waals surface area contributed by atoms with Crippen LogP contribution in [0.25, 0.3) is 6.08 Å². The summed E-state index contributed by atoms with van der Waals surface area (Å²) in [5, 5.41) is 3.63. The Kier molecular flexibility index (Phi) is 4.66. The van der Waals surface area contributed by atoms with Crippen molar-refractivity contribution >= 4 is 33.7 Å². The Hall–Kier alpha value is -2.26. The molecule has 2 rings (SSSR count). The van der Waals surface area contributed by atoms with Gasteiger partial charge in [0.05, 0.1) is 22.9 Å². The van der Waals surface area contributed by atoms with E-state index in [9.17, 15) is 4.79 Å². The molecule has 0 aliphatic carbocycles. The molecule has 1 aromatic carbocycles. The smallest absolute Gasteiger partial charge is 0.367 e. The molecular formula is C15H12BrNO4. The minimum absolute atomic E-state index is 0.132. The van der Waals surface area contributed by atoms with Crippen molar-refractivity contribution in [2.45, 2.75) is 6.92 Å². The molecule has 0 amide bonds. The van der Waals surface area contributed by atoms with Crippen LogP contribution in [0, 0.1) is 12.3 Å². The van der Waals surface area contributed by atoms with E-state index >= 15 is 0 Å². The number of oxime groups is 1. The van der Waals surface area contributed by atoms with Crippen molar-refractivity contribution in [1.29, 1.82) is 0 Å². The lowest BCUT2D eigenvalue weighted by atomic mass is 10.1. The van der Waals surface area contributed by atoms with E-state index in [4.69, 9.17) is 15.9 Å². The fourth-order valence-corrected chi connectivity index (χ4v) is 2.34. The van der Waals surface area contributed by atoms with Crippen LogP contribution < -0.4 is 9.47 Å². The lowest BCUT2D eigenvalue weighted by molar-refractivity contribution is -0.136. The predicted octanol–water partition coefficient (Wildman–Crippen LogP) is 2.79. The van der Waals surface area contributed by atoms with E-state index in [0.717, 1.165) is 5.56 Å². The van der Waals surface area contributed by atoms with Gasteiger partial charge in [0.15, 0.2) is 11.5 Å². The Morgan fingerprint density at radius 2 is 2.29 bits per heavy atom. The van der Waals surface area contributed by atoms with Crippen LogP contribution in [0.3, 0.4) is 0 Å². The molecule has 0 aromatic heterocycles. The van der Waals surface area contributed by atoms with Gasteiger partial charge in [0.1, 0.15) is 6.61 Å². The summed E-state index contributed by atoms with van der Waals surface area (Å²) in [6.45, 7) is 1.83. The van der Waals surface area contributed by atoms with Gasteiger partial charge in [-0.15, -0.1) is 6.42 Å². The number of carbonyl (C=O) groups is 1. The zero-order valence-electron chi connectivity index (χ0n) is 11.5. The highest BCUT2D eigenvalue weighted by molar-refractivity contribution is 9.10. The van der Waals surface area contributed by atoms with E-state index in [1.807, 2.05) is 0 Å². The summed E-state index contributed by atoms with van der Waals surface area (Å²) in [6.07, 6.45) is 6.86. The number of terminal acetylenes is 1. The normalized spacial score (nSPS) is 15.4. The van der Waals surface area contributed by atoms with Crippen LogP contribution in [0.2, 0.25) is 0 Å². The summed E-state index contributed by atoms with van der Waals surface area (Å²) >= 11 is 3.40. The van der Waals surface area contributed by atoms with E-state index in [1.165, 1.54) is 7.11 Å². The fourth-order valence-electron chi connectivity index (χ4n) is 1.76. The molecule has 6 heteroatoms. The maximum absolute atomic E-state index is 11.5. The standard InChI is InChI=1S/C15H12BrNO4/c1-4-5-20-14-12(16)7-10(8-13(14)19-3)6-11-9(2)17-21-15(11)18/h1,6-8H,5H2,2-3H3. The summed E-state index contributed by atoms with van der Waals surface area (Å²) in [5.41, 5.74) is 1.68. The van der Waals surface area contributed by atoms with E-state index in [2.05, 4.69) is 31.8 Å². The first-order chi connectivity index (χ1) is 10.1. The zero-order valence-corrected chi connectivity index (χ0v) is 13.1. The molecule has 0 unspecified atom stereocenters. The van der Waals surface area contributed by atoms with Crippen molar-refractivity contribution in [2.75, 3.05) is 13.7 Å². The first-order valence-corrected chi connectivity index (χ1v) is 6.78. The van der Waals surface area contributed by atoms with Gasteiger partial charge >= 0.3 is 5.97 Å². The average Bonchev–Trinajstić information content (AvgIpc) is 2.77. The quantitative estimate of drug-likeness (QED) is 0.476. The molecule has 0 saturated heterocycles. The molecule has 1 aromatic rings. The number of carbonyl (C=O) groups excluding carboxylic acids is 1. The molecule has 1 aliphatic rings. The van der Waals surface area contributed by atoms with Crippen molar-refractivity contribution in [3.63, 3.8) is 0 Å². The second-order valence-electron chi connectivity index (χ2n) is 4.14. The largest absolute Gasteiger partial charge is 0.493 e. The van der Waals surface area contributed by atoms with Crippen molar-refractivity contribution in [1.82, 2.24) is 0 Å². The molecule has 5 nitrogen and oxygen atoms in total. The molecule has 0 saturated carbocycles. The van der Waals surface area contributed by atoms with Crippen LogP contribution in [0.4, 0.5) is 0 Å². The number of hydrogen-bond acceptors (Lipinski definition) is 5. The molecule has 0 spiro atoms. The van der Waals surface area contributed by atoms with E-state index in [0.29, 0.717) is 27.3 Å². The molecule has 108 valence electrons. The number of methoxy groups -OCH3 is 1. The third kappa shape index (κ3) is 3.26. The Labute approximate surface area is 130 Å². The molecule has 1 aliphatic heterocycles. The van der Waals surface area contributed by atoms with Crippen molar-refractivity contribution < 1.29 is 19.1 Å². The van der Waals surface area contributed by atoms with Gasteiger partial charge in [0.2, 0.25) is 0 Å². The molecule has 0 N–H and O–H groups in total. The van der Waals surface area contributed by atoms with Gasteiger partial charge in [-0.05, 0) is 46.6 Å². The minimum atomic E-state index is -0.477. The molecule has 0 radical (unpaired) electrons. The Morgan fingerprint density at radius 3 is 2.86 bits per heavy atom. The summed E-state index contributed by atoms with van der Waals surface area (Å²) in [7, 11) is 1.53. The molecule has 0 atom stereocenters. The monoisotopic (exact) mass is 349 g/mol. The SMILES string of the molecule is C#CCOc1c(Br)cc(C=C2C(=O)ON=C2C)cc1OC. The van der Waals surface area contributed by atoms with Gasteiger partial charge in [-0.25, -0.2) is 4.79 Å². The number of halogens is 1. The number of rotatable bonds is 4. The predicted molar refractivity (Wildman–Crippen MR) is 82.2 cm³/mol. The van der Waals surface area contributed by atoms with Crippen molar-refractivity contribution in [2.24, 2.45) is 5.16 Å². The van der Waals surface area contributed by atoms with Gasteiger partial charge in [-0.1, -0.05) is 11.1 Å². The number of hydrogen-bond donors (Lipinski definition) is 0. The Balaban J connectivity index is 2.41. The third-order valence-electron chi connectivity index (χ3n) is 2.74. The summed E-state index contributed by atoms with van der Waals surface area (Å²) in [6, 6.07) is 3.53. The highest BCUT2D eigenvalue weighted by Crippen LogP contribution is 2.37. The zero-order chi connectivity index (χ0) is 15.4. The lowest BCUT2D eigenvalue weighted by Crippen LogP contribution is -2.02. The molecule has 0 bridgehead atoms.